The van der Waals surface area contributed by atoms with Gasteiger partial charge in [0.1, 0.15) is 11.2 Å². The van der Waals surface area contributed by atoms with Crippen molar-refractivity contribution in [3.8, 4) is 11.1 Å². The van der Waals surface area contributed by atoms with Gasteiger partial charge in [0.25, 0.3) is 0 Å². The Morgan fingerprint density at radius 1 is 0.522 bits per heavy atom. The van der Waals surface area contributed by atoms with E-state index < -0.39 is 0 Å². The Hall–Kier alpha value is -6.13. The van der Waals surface area contributed by atoms with Crippen LogP contribution >= 0.6 is 0 Å². The van der Waals surface area contributed by atoms with Crippen LogP contribution in [0.1, 0.15) is 16.7 Å². The summed E-state index contributed by atoms with van der Waals surface area (Å²) in [5.74, 6) is 1.14. The number of rotatable bonds is 5. The lowest BCUT2D eigenvalue weighted by Crippen LogP contribution is -2.05. The molecule has 0 N–H and O–H groups in total. The molecule has 1 aromatic heterocycles. The number of aliphatic imine (C=N–C) groups is 3. The van der Waals surface area contributed by atoms with E-state index in [9.17, 15) is 0 Å². The summed E-state index contributed by atoms with van der Waals surface area (Å²) < 4.78 is 6.25. The van der Waals surface area contributed by atoms with Gasteiger partial charge < -0.3 is 4.42 Å². The summed E-state index contributed by atoms with van der Waals surface area (Å²) in [6.45, 7) is 4.27. The monoisotopic (exact) mass is 591 g/mol. The second-order valence-corrected chi connectivity index (χ2v) is 11.3. The maximum atomic E-state index is 6.25. The van der Waals surface area contributed by atoms with Crippen LogP contribution in [-0.2, 0) is 6.54 Å². The minimum absolute atomic E-state index is 0.435. The van der Waals surface area contributed by atoms with Crippen LogP contribution < -0.4 is 0 Å². The maximum Gasteiger partial charge on any atom is 0.161 e. The largest absolute Gasteiger partial charge is 0.456 e. The summed E-state index contributed by atoms with van der Waals surface area (Å²) in [5.41, 5.74) is 6.95. The molecule has 0 spiro atoms. The SMILES string of the molecule is C=NC(=NC(=NCc1cc(-c2cccc3oc4ccccc4c23)c2ccccc2c1)c1ccc2ccccc2c1)c1ccccc1. The molecule has 8 aromatic rings. The molecule has 0 aliphatic rings. The van der Waals surface area contributed by atoms with Gasteiger partial charge in [-0.1, -0.05) is 121 Å². The average molecular weight is 592 g/mol. The van der Waals surface area contributed by atoms with Gasteiger partial charge in [-0.2, -0.15) is 0 Å². The average Bonchev–Trinajstić information content (AvgIpc) is 3.51. The predicted molar refractivity (Wildman–Crippen MR) is 193 cm³/mol. The second-order valence-electron chi connectivity index (χ2n) is 11.3. The van der Waals surface area contributed by atoms with Gasteiger partial charge >= 0.3 is 0 Å². The number of furan rings is 1. The van der Waals surface area contributed by atoms with E-state index in [1.807, 2.05) is 54.6 Å². The summed E-state index contributed by atoms with van der Waals surface area (Å²) in [6, 6.07) is 52.1. The van der Waals surface area contributed by atoms with Gasteiger partial charge in [-0.15, -0.1) is 0 Å². The van der Waals surface area contributed by atoms with Crippen LogP contribution in [0.2, 0.25) is 0 Å². The molecule has 218 valence electrons. The Bertz CT molecular complexity index is 2470. The fraction of sp³-hybridized carbons (Fsp3) is 0.0238. The van der Waals surface area contributed by atoms with E-state index in [0.29, 0.717) is 18.2 Å². The highest BCUT2D eigenvalue weighted by atomic mass is 16.3. The lowest BCUT2D eigenvalue weighted by molar-refractivity contribution is 0.669. The van der Waals surface area contributed by atoms with Gasteiger partial charge in [0.05, 0.1) is 6.54 Å². The number of hydrogen-bond acceptors (Lipinski definition) is 2. The molecule has 0 bridgehead atoms. The third-order valence-corrected chi connectivity index (χ3v) is 8.43. The van der Waals surface area contributed by atoms with Crippen molar-refractivity contribution in [3.05, 3.63) is 168 Å². The number of amidine groups is 2. The van der Waals surface area contributed by atoms with E-state index in [2.05, 4.69) is 109 Å². The molecular formula is C42H29N3O. The smallest absolute Gasteiger partial charge is 0.161 e. The molecule has 8 rings (SSSR count). The Balaban J connectivity index is 1.29. The third kappa shape index (κ3) is 5.06. The lowest BCUT2D eigenvalue weighted by atomic mass is 9.93. The molecular weight excluding hydrogens is 562 g/mol. The summed E-state index contributed by atoms with van der Waals surface area (Å²) in [5, 5.41) is 6.87. The molecule has 46 heavy (non-hydrogen) atoms. The summed E-state index contributed by atoms with van der Waals surface area (Å²) in [4.78, 5) is 14.4. The molecule has 0 radical (unpaired) electrons. The standard InChI is InChI=1S/C42H29N3O/c1-43-41(30-13-3-2-4-14-30)45-42(33-23-22-29-12-5-6-15-31(29)26-33)44-27-28-24-32-16-7-8-17-34(32)37(25-28)35-19-11-21-39-40(35)36-18-9-10-20-38(36)46-39/h2-26H,1,27H2. The fourth-order valence-corrected chi connectivity index (χ4v) is 6.25. The molecule has 4 heteroatoms. The quantitative estimate of drug-likeness (QED) is 0.145. The summed E-state index contributed by atoms with van der Waals surface area (Å²) in [6.07, 6.45) is 0. The zero-order valence-corrected chi connectivity index (χ0v) is 25.1. The highest BCUT2D eigenvalue weighted by Crippen LogP contribution is 2.39. The van der Waals surface area contributed by atoms with E-state index in [0.717, 1.165) is 60.5 Å². The molecule has 4 nitrogen and oxygen atoms in total. The van der Waals surface area contributed by atoms with E-state index >= 15 is 0 Å². The van der Waals surface area contributed by atoms with Crippen molar-refractivity contribution in [2.45, 2.75) is 6.54 Å². The van der Waals surface area contributed by atoms with Crippen molar-refractivity contribution in [2.75, 3.05) is 0 Å². The minimum Gasteiger partial charge on any atom is -0.456 e. The maximum absolute atomic E-state index is 6.25. The molecule has 0 atom stereocenters. The highest BCUT2D eigenvalue weighted by Gasteiger charge is 2.15. The zero-order valence-electron chi connectivity index (χ0n) is 25.1. The van der Waals surface area contributed by atoms with Gasteiger partial charge in [0.2, 0.25) is 0 Å². The van der Waals surface area contributed by atoms with Crippen molar-refractivity contribution in [1.29, 1.82) is 0 Å². The normalized spacial score (nSPS) is 12.3. The van der Waals surface area contributed by atoms with Crippen molar-refractivity contribution < 1.29 is 4.42 Å². The summed E-state index contributed by atoms with van der Waals surface area (Å²) in [7, 11) is 0. The first-order valence-corrected chi connectivity index (χ1v) is 15.3. The highest BCUT2D eigenvalue weighted by molar-refractivity contribution is 6.16. The number of nitrogens with zero attached hydrogens (tertiary/aromatic N) is 3. The molecule has 0 amide bonds. The van der Waals surface area contributed by atoms with E-state index in [1.54, 1.807) is 0 Å². The Morgan fingerprint density at radius 2 is 1.24 bits per heavy atom. The molecule has 0 saturated carbocycles. The van der Waals surface area contributed by atoms with Gasteiger partial charge in [0.15, 0.2) is 11.7 Å². The van der Waals surface area contributed by atoms with Crippen molar-refractivity contribution in [2.24, 2.45) is 15.0 Å². The van der Waals surface area contributed by atoms with Crippen LogP contribution in [0.25, 0.3) is 54.6 Å². The van der Waals surface area contributed by atoms with Gasteiger partial charge in [-0.25, -0.2) is 9.98 Å². The summed E-state index contributed by atoms with van der Waals surface area (Å²) >= 11 is 0. The Kier molecular flexibility index (Phi) is 7.01. The van der Waals surface area contributed by atoms with E-state index in [1.165, 1.54) is 10.8 Å². The first kappa shape index (κ1) is 27.4. The van der Waals surface area contributed by atoms with E-state index in [-0.39, 0.29) is 0 Å². The van der Waals surface area contributed by atoms with Crippen LogP contribution in [-0.4, -0.2) is 18.4 Å². The number of benzene rings is 7. The molecule has 7 aromatic carbocycles. The molecule has 0 unspecified atom stereocenters. The van der Waals surface area contributed by atoms with Crippen LogP contribution in [0.15, 0.2) is 171 Å². The van der Waals surface area contributed by atoms with Crippen molar-refractivity contribution in [3.63, 3.8) is 0 Å². The van der Waals surface area contributed by atoms with Crippen LogP contribution in [0.5, 0.6) is 0 Å². The molecule has 1 heterocycles. The van der Waals surface area contributed by atoms with Crippen LogP contribution in [0.4, 0.5) is 0 Å². The lowest BCUT2D eigenvalue weighted by Gasteiger charge is -2.12. The van der Waals surface area contributed by atoms with Crippen LogP contribution in [0, 0.1) is 0 Å². The van der Waals surface area contributed by atoms with Gasteiger partial charge in [-0.3, -0.25) is 4.99 Å². The van der Waals surface area contributed by atoms with Gasteiger partial charge in [-0.05, 0) is 75.3 Å². The van der Waals surface area contributed by atoms with Crippen molar-refractivity contribution in [1.82, 2.24) is 0 Å². The van der Waals surface area contributed by atoms with Crippen LogP contribution in [0.3, 0.4) is 0 Å². The molecule has 0 aliphatic carbocycles. The third-order valence-electron chi connectivity index (χ3n) is 8.43. The zero-order chi connectivity index (χ0) is 30.9. The first-order chi connectivity index (χ1) is 22.7. The van der Waals surface area contributed by atoms with Crippen molar-refractivity contribution >= 4 is 61.9 Å². The number of hydrogen-bond donors (Lipinski definition) is 0. The fourth-order valence-electron chi connectivity index (χ4n) is 6.25. The topological polar surface area (TPSA) is 50.2 Å². The Morgan fingerprint density at radius 3 is 2.09 bits per heavy atom. The number of fused-ring (bicyclic) bond motifs is 5. The molecule has 0 aliphatic heterocycles. The van der Waals surface area contributed by atoms with Gasteiger partial charge in [0, 0.05) is 21.9 Å². The minimum atomic E-state index is 0.435. The predicted octanol–water partition coefficient (Wildman–Crippen LogP) is 10.7. The molecule has 0 saturated heterocycles. The number of para-hydroxylation sites is 1. The molecule has 0 fully saturated rings. The second kappa shape index (κ2) is 11.8. The Labute approximate surface area is 266 Å². The van der Waals surface area contributed by atoms with E-state index in [4.69, 9.17) is 14.4 Å². The first-order valence-electron chi connectivity index (χ1n) is 15.3.